The Morgan fingerprint density at radius 2 is 1.85 bits per heavy atom. The molecule has 3 aliphatic rings. The van der Waals surface area contributed by atoms with Crippen LogP contribution in [-0.2, 0) is 19.7 Å². The first-order valence-electron chi connectivity index (χ1n) is 11.2. The molecule has 1 aliphatic carbocycles. The maximum Gasteiger partial charge on any atom is 0.586 e. The SMILES string of the molecule is COC(=O)c1ccc([C@H]2C[C@@H](NC(=O)C3(c4ccc5c(c4)OC(F)(F)O5)CC3)CCO2)cc1C. The first kappa shape index (κ1) is 22.6. The van der Waals surface area contributed by atoms with E-state index in [1.54, 1.807) is 12.1 Å². The molecule has 0 unspecified atom stereocenters. The van der Waals surface area contributed by atoms with Gasteiger partial charge in [-0.3, -0.25) is 4.79 Å². The molecule has 2 aromatic rings. The van der Waals surface area contributed by atoms with Crippen LogP contribution in [0.1, 0.15) is 58.8 Å². The molecule has 0 spiro atoms. The minimum absolute atomic E-state index is 0.0364. The van der Waals surface area contributed by atoms with E-state index in [9.17, 15) is 18.4 Å². The van der Waals surface area contributed by atoms with Gasteiger partial charge >= 0.3 is 12.3 Å². The second-order valence-electron chi connectivity index (χ2n) is 9.03. The predicted octanol–water partition coefficient (Wildman–Crippen LogP) is 4.17. The average molecular weight is 473 g/mol. The molecule has 0 bridgehead atoms. The molecule has 180 valence electrons. The third kappa shape index (κ3) is 4.09. The number of alkyl halides is 2. The number of hydrogen-bond donors (Lipinski definition) is 1. The molecule has 1 saturated carbocycles. The molecule has 2 aliphatic heterocycles. The largest absolute Gasteiger partial charge is 0.586 e. The van der Waals surface area contributed by atoms with Gasteiger partial charge in [0.25, 0.3) is 0 Å². The smallest absolute Gasteiger partial charge is 0.465 e. The lowest BCUT2D eigenvalue weighted by atomic mass is 9.92. The van der Waals surface area contributed by atoms with Crippen LogP contribution in [0.4, 0.5) is 8.78 Å². The Morgan fingerprint density at radius 3 is 2.56 bits per heavy atom. The molecule has 7 nitrogen and oxygen atoms in total. The van der Waals surface area contributed by atoms with Gasteiger partial charge in [-0.2, -0.15) is 0 Å². The predicted molar refractivity (Wildman–Crippen MR) is 116 cm³/mol. The van der Waals surface area contributed by atoms with Gasteiger partial charge in [-0.25, -0.2) is 4.79 Å². The van der Waals surface area contributed by atoms with E-state index in [-0.39, 0.29) is 35.5 Å². The van der Waals surface area contributed by atoms with Crippen LogP contribution < -0.4 is 14.8 Å². The van der Waals surface area contributed by atoms with Crippen molar-refractivity contribution in [2.24, 2.45) is 0 Å². The van der Waals surface area contributed by atoms with Gasteiger partial charge in [-0.15, -0.1) is 8.78 Å². The van der Waals surface area contributed by atoms with Crippen LogP contribution in [0.5, 0.6) is 11.5 Å². The van der Waals surface area contributed by atoms with Crippen molar-refractivity contribution in [2.75, 3.05) is 13.7 Å². The second kappa shape index (κ2) is 8.23. The van der Waals surface area contributed by atoms with Crippen molar-refractivity contribution in [1.82, 2.24) is 5.32 Å². The first-order valence-corrected chi connectivity index (χ1v) is 11.2. The number of aryl methyl sites for hydroxylation is 1. The lowest BCUT2D eigenvalue weighted by molar-refractivity contribution is -0.286. The molecule has 1 N–H and O–H groups in total. The molecular weight excluding hydrogens is 448 g/mol. The summed E-state index contributed by atoms with van der Waals surface area (Å²) in [5.74, 6) is -0.606. The van der Waals surface area contributed by atoms with Crippen molar-refractivity contribution in [3.05, 3.63) is 58.7 Å². The first-order chi connectivity index (χ1) is 16.2. The third-order valence-electron chi connectivity index (χ3n) is 6.79. The van der Waals surface area contributed by atoms with Crippen LogP contribution in [0.3, 0.4) is 0 Å². The van der Waals surface area contributed by atoms with Crippen LogP contribution in [0.25, 0.3) is 0 Å². The summed E-state index contributed by atoms with van der Waals surface area (Å²) < 4.78 is 46.5. The highest BCUT2D eigenvalue weighted by Crippen LogP contribution is 2.52. The van der Waals surface area contributed by atoms with E-state index in [1.165, 1.54) is 19.2 Å². The van der Waals surface area contributed by atoms with E-state index < -0.39 is 11.7 Å². The number of amides is 1. The Kier molecular flexibility index (Phi) is 5.47. The van der Waals surface area contributed by atoms with Gasteiger partial charge in [0, 0.05) is 12.6 Å². The zero-order chi connectivity index (χ0) is 24.1. The lowest BCUT2D eigenvalue weighted by Gasteiger charge is -2.32. The van der Waals surface area contributed by atoms with Crippen molar-refractivity contribution in [3.63, 3.8) is 0 Å². The van der Waals surface area contributed by atoms with Gasteiger partial charge in [0.15, 0.2) is 11.5 Å². The Balaban J connectivity index is 1.27. The summed E-state index contributed by atoms with van der Waals surface area (Å²) in [7, 11) is 1.35. The lowest BCUT2D eigenvalue weighted by Crippen LogP contribution is -2.44. The molecule has 5 rings (SSSR count). The van der Waals surface area contributed by atoms with Gasteiger partial charge in [0.1, 0.15) is 0 Å². The van der Waals surface area contributed by atoms with Crippen molar-refractivity contribution in [2.45, 2.75) is 56.5 Å². The van der Waals surface area contributed by atoms with Gasteiger partial charge in [0.05, 0.1) is 24.2 Å². The van der Waals surface area contributed by atoms with Crippen LogP contribution in [0, 0.1) is 6.92 Å². The Labute approximate surface area is 195 Å². The van der Waals surface area contributed by atoms with E-state index in [0.717, 1.165) is 11.1 Å². The number of carbonyl (C=O) groups excluding carboxylic acids is 2. The molecule has 34 heavy (non-hydrogen) atoms. The number of halogens is 2. The molecule has 0 radical (unpaired) electrons. The van der Waals surface area contributed by atoms with Crippen molar-refractivity contribution in [1.29, 1.82) is 0 Å². The number of nitrogens with one attached hydrogen (secondary N) is 1. The van der Waals surface area contributed by atoms with Crippen LogP contribution in [0.2, 0.25) is 0 Å². The molecule has 1 saturated heterocycles. The molecule has 2 fully saturated rings. The minimum atomic E-state index is -3.69. The summed E-state index contributed by atoms with van der Waals surface area (Å²) in [6.45, 7) is 2.33. The molecule has 2 heterocycles. The Hall–Kier alpha value is -3.20. The number of esters is 1. The number of rotatable bonds is 5. The number of methoxy groups -OCH3 is 1. The highest BCUT2D eigenvalue weighted by Gasteiger charge is 2.53. The number of benzene rings is 2. The van der Waals surface area contributed by atoms with Crippen LogP contribution in [0.15, 0.2) is 36.4 Å². The third-order valence-corrected chi connectivity index (χ3v) is 6.79. The molecule has 2 aromatic carbocycles. The molecule has 2 atom stereocenters. The highest BCUT2D eigenvalue weighted by molar-refractivity contribution is 5.92. The van der Waals surface area contributed by atoms with Gasteiger partial charge in [0.2, 0.25) is 5.91 Å². The van der Waals surface area contributed by atoms with Crippen molar-refractivity contribution >= 4 is 11.9 Å². The minimum Gasteiger partial charge on any atom is -0.465 e. The van der Waals surface area contributed by atoms with E-state index in [2.05, 4.69) is 14.8 Å². The zero-order valence-corrected chi connectivity index (χ0v) is 18.9. The van der Waals surface area contributed by atoms with Crippen molar-refractivity contribution < 1.29 is 37.3 Å². The molecule has 9 heteroatoms. The molecule has 0 aromatic heterocycles. The van der Waals surface area contributed by atoms with Crippen molar-refractivity contribution in [3.8, 4) is 11.5 Å². The topological polar surface area (TPSA) is 83.1 Å². The fraction of sp³-hybridized carbons (Fsp3) is 0.440. The quantitative estimate of drug-likeness (QED) is 0.657. The number of fused-ring (bicyclic) bond motifs is 1. The number of hydrogen-bond acceptors (Lipinski definition) is 6. The Bertz CT molecular complexity index is 1150. The van der Waals surface area contributed by atoms with Gasteiger partial charge in [-0.1, -0.05) is 18.2 Å². The summed E-state index contributed by atoms with van der Waals surface area (Å²) in [6.07, 6.45) is -1.38. The summed E-state index contributed by atoms with van der Waals surface area (Å²) in [6, 6.07) is 9.93. The summed E-state index contributed by atoms with van der Waals surface area (Å²) in [5, 5.41) is 3.14. The molecule has 1 amide bonds. The van der Waals surface area contributed by atoms with Crippen LogP contribution in [-0.4, -0.2) is 37.9 Å². The zero-order valence-electron chi connectivity index (χ0n) is 18.9. The average Bonchev–Trinajstić information content (AvgIpc) is 3.56. The van der Waals surface area contributed by atoms with E-state index in [0.29, 0.717) is 43.4 Å². The maximum absolute atomic E-state index is 13.4. The fourth-order valence-electron chi connectivity index (χ4n) is 4.73. The van der Waals surface area contributed by atoms with E-state index in [4.69, 9.17) is 9.47 Å². The standard InChI is InChI=1S/C25H25F2NO6/c1-14-11-15(3-5-18(14)22(29)31-2)20-13-17(7-10-32-20)28-23(30)24(8-9-24)16-4-6-19-21(12-16)34-25(26,27)33-19/h3-6,11-12,17,20H,7-10,13H2,1-2H3,(H,28,30)/t17-,20+/m0/s1. The molecular formula is C25H25F2NO6. The number of ether oxygens (including phenoxy) is 4. The van der Waals surface area contributed by atoms with Crippen LogP contribution >= 0.6 is 0 Å². The van der Waals surface area contributed by atoms with E-state index >= 15 is 0 Å². The summed E-state index contributed by atoms with van der Waals surface area (Å²) >= 11 is 0. The summed E-state index contributed by atoms with van der Waals surface area (Å²) in [4.78, 5) is 25.1. The Morgan fingerprint density at radius 1 is 1.09 bits per heavy atom. The fourth-order valence-corrected chi connectivity index (χ4v) is 4.73. The normalized spacial score (nSPS) is 23.8. The van der Waals surface area contributed by atoms with Gasteiger partial charge in [-0.05, 0) is 67.5 Å². The monoisotopic (exact) mass is 473 g/mol. The highest BCUT2D eigenvalue weighted by atomic mass is 19.3. The summed E-state index contributed by atoms with van der Waals surface area (Å²) in [5.41, 5.74) is 2.13. The maximum atomic E-state index is 13.4. The van der Waals surface area contributed by atoms with Gasteiger partial charge < -0.3 is 24.3 Å². The number of carbonyl (C=O) groups is 2. The van der Waals surface area contributed by atoms with E-state index in [1.807, 2.05) is 19.1 Å². The second-order valence-corrected chi connectivity index (χ2v) is 9.03.